The maximum Gasteiger partial charge on any atom is 0.307 e. The summed E-state index contributed by atoms with van der Waals surface area (Å²) >= 11 is 0. The van der Waals surface area contributed by atoms with Gasteiger partial charge in [-0.05, 0) is 34.9 Å². The fraction of sp³-hybridized carbons (Fsp3) is 0.588. The Morgan fingerprint density at radius 3 is 2.73 bits per heavy atom. The lowest BCUT2D eigenvalue weighted by atomic mass is 9.83. The summed E-state index contributed by atoms with van der Waals surface area (Å²) in [6.07, 6.45) is 3.73. The van der Waals surface area contributed by atoms with E-state index in [0.717, 1.165) is 44.0 Å². The summed E-state index contributed by atoms with van der Waals surface area (Å²) in [5.41, 5.74) is 0.979. The number of hydrogen-bond donors (Lipinski definition) is 3. The third-order valence-corrected chi connectivity index (χ3v) is 4.82. The number of anilines is 1. The lowest BCUT2D eigenvalue weighted by Gasteiger charge is -2.28. The van der Waals surface area contributed by atoms with Crippen molar-refractivity contribution >= 4 is 11.8 Å². The van der Waals surface area contributed by atoms with Gasteiger partial charge in [0, 0.05) is 38.3 Å². The predicted octanol–water partition coefficient (Wildman–Crippen LogP) is 0.831. The number of H-pyrrole nitrogens is 1. The molecule has 0 saturated carbocycles. The Bertz CT molecular complexity index is 684. The highest BCUT2D eigenvalue weighted by Crippen LogP contribution is 2.30. The summed E-state index contributed by atoms with van der Waals surface area (Å²) in [6, 6.07) is 4.03. The van der Waals surface area contributed by atoms with Gasteiger partial charge in [-0.25, -0.2) is 10.1 Å². The minimum Gasteiger partial charge on any atom is -0.481 e. The Labute approximate surface area is 152 Å². The van der Waals surface area contributed by atoms with E-state index in [1.165, 1.54) is 0 Å². The molecule has 2 atom stereocenters. The van der Waals surface area contributed by atoms with Gasteiger partial charge in [0.15, 0.2) is 5.82 Å². The predicted molar refractivity (Wildman–Crippen MR) is 96.0 cm³/mol. The Morgan fingerprint density at radius 1 is 1.35 bits per heavy atom. The number of aromatic amines is 1. The van der Waals surface area contributed by atoms with E-state index in [2.05, 4.69) is 35.8 Å². The van der Waals surface area contributed by atoms with Crippen LogP contribution < -0.4 is 10.2 Å². The molecule has 0 aliphatic carbocycles. The first-order valence-corrected chi connectivity index (χ1v) is 9.06. The van der Waals surface area contributed by atoms with E-state index in [-0.39, 0.29) is 5.92 Å². The molecule has 0 radical (unpaired) electrons. The molecule has 3 heterocycles. The second kappa shape index (κ2) is 8.70. The van der Waals surface area contributed by atoms with Crippen molar-refractivity contribution in [2.45, 2.75) is 32.1 Å². The number of aliphatic carboxylic acids is 1. The minimum absolute atomic E-state index is 0.311. The average Bonchev–Trinajstić information content (AvgIpc) is 3.20. The van der Waals surface area contributed by atoms with Crippen LogP contribution in [0.2, 0.25) is 0 Å². The van der Waals surface area contributed by atoms with Gasteiger partial charge in [-0.1, -0.05) is 19.4 Å². The Kier molecular flexibility index (Phi) is 6.11. The summed E-state index contributed by atoms with van der Waals surface area (Å²) in [4.78, 5) is 18.6. The number of rotatable bonds is 8. The van der Waals surface area contributed by atoms with Gasteiger partial charge in [-0.15, -0.1) is 5.10 Å². The maximum absolute atomic E-state index is 11.8. The molecule has 2 aromatic rings. The Balaban J connectivity index is 1.77. The molecule has 0 unspecified atom stereocenters. The fourth-order valence-electron chi connectivity index (χ4n) is 3.43. The highest BCUT2D eigenvalue weighted by molar-refractivity contribution is 5.71. The van der Waals surface area contributed by atoms with E-state index >= 15 is 0 Å². The summed E-state index contributed by atoms with van der Waals surface area (Å²) in [7, 11) is 0. The van der Waals surface area contributed by atoms with E-state index in [9.17, 15) is 9.90 Å². The number of piperazine rings is 1. The van der Waals surface area contributed by atoms with Gasteiger partial charge in [0.2, 0.25) is 0 Å². The van der Waals surface area contributed by atoms with Gasteiger partial charge in [-0.3, -0.25) is 4.79 Å². The summed E-state index contributed by atoms with van der Waals surface area (Å²) in [6.45, 7) is 5.78. The number of hydrogen-bond acceptors (Lipinski definition) is 7. The SMILES string of the molecule is CCC[C@H](C(=O)O)[C@H](Cc1ccc(N2CCNCC2)nc1)c1nnn[nH]1. The number of carboxylic acid groups (broad SMARTS) is 1. The zero-order chi connectivity index (χ0) is 18.4. The highest BCUT2D eigenvalue weighted by atomic mass is 16.4. The van der Waals surface area contributed by atoms with Gasteiger partial charge >= 0.3 is 5.97 Å². The van der Waals surface area contributed by atoms with Crippen LogP contribution in [0.25, 0.3) is 0 Å². The molecule has 26 heavy (non-hydrogen) atoms. The molecule has 1 aliphatic rings. The van der Waals surface area contributed by atoms with Crippen LogP contribution in [0.3, 0.4) is 0 Å². The van der Waals surface area contributed by atoms with Crippen LogP contribution in [0.1, 0.15) is 37.1 Å². The summed E-state index contributed by atoms with van der Waals surface area (Å²) in [5, 5.41) is 26.9. The first-order valence-electron chi connectivity index (χ1n) is 9.06. The van der Waals surface area contributed by atoms with Crippen LogP contribution in [-0.2, 0) is 11.2 Å². The Morgan fingerprint density at radius 2 is 2.15 bits per heavy atom. The molecule has 2 aromatic heterocycles. The van der Waals surface area contributed by atoms with Gasteiger partial charge < -0.3 is 15.3 Å². The average molecular weight is 359 g/mol. The summed E-state index contributed by atoms with van der Waals surface area (Å²) in [5.74, 6) is -0.205. The Hall–Kier alpha value is -2.55. The van der Waals surface area contributed by atoms with Gasteiger partial charge in [0.1, 0.15) is 5.82 Å². The maximum atomic E-state index is 11.8. The van der Waals surface area contributed by atoms with Gasteiger partial charge in [0.25, 0.3) is 0 Å². The third-order valence-electron chi connectivity index (χ3n) is 4.82. The van der Waals surface area contributed by atoms with Crippen molar-refractivity contribution in [3.63, 3.8) is 0 Å². The van der Waals surface area contributed by atoms with Crippen molar-refractivity contribution < 1.29 is 9.90 Å². The van der Waals surface area contributed by atoms with Gasteiger partial charge in [0.05, 0.1) is 5.92 Å². The normalized spacial score (nSPS) is 17.0. The first-order chi connectivity index (χ1) is 12.7. The van der Waals surface area contributed by atoms with Crippen molar-refractivity contribution in [3.05, 3.63) is 29.7 Å². The lowest BCUT2D eigenvalue weighted by molar-refractivity contribution is -0.142. The molecule has 3 N–H and O–H groups in total. The zero-order valence-electron chi connectivity index (χ0n) is 14.9. The molecule has 0 bridgehead atoms. The molecule has 0 spiro atoms. The zero-order valence-corrected chi connectivity index (χ0v) is 14.9. The molecular weight excluding hydrogens is 334 g/mol. The second-order valence-corrected chi connectivity index (χ2v) is 6.59. The summed E-state index contributed by atoms with van der Waals surface area (Å²) < 4.78 is 0. The van der Waals surface area contributed by atoms with Crippen LogP contribution in [0, 0.1) is 5.92 Å². The first kappa shape index (κ1) is 18.2. The van der Waals surface area contributed by atoms with Crippen molar-refractivity contribution in [3.8, 4) is 0 Å². The van der Waals surface area contributed by atoms with E-state index in [1.54, 1.807) is 0 Å². The molecule has 140 valence electrons. The fourth-order valence-corrected chi connectivity index (χ4v) is 3.43. The smallest absolute Gasteiger partial charge is 0.307 e. The van der Waals surface area contributed by atoms with E-state index < -0.39 is 11.9 Å². The van der Waals surface area contributed by atoms with Crippen LogP contribution in [0.4, 0.5) is 5.82 Å². The van der Waals surface area contributed by atoms with Crippen molar-refractivity contribution in [2.75, 3.05) is 31.1 Å². The molecule has 0 aromatic carbocycles. The van der Waals surface area contributed by atoms with E-state index in [1.807, 2.05) is 25.3 Å². The molecule has 1 aliphatic heterocycles. The topological polar surface area (TPSA) is 120 Å². The van der Waals surface area contributed by atoms with E-state index in [0.29, 0.717) is 18.7 Å². The number of tetrazole rings is 1. The van der Waals surface area contributed by atoms with Crippen LogP contribution >= 0.6 is 0 Å². The van der Waals surface area contributed by atoms with Crippen LogP contribution in [0.5, 0.6) is 0 Å². The monoisotopic (exact) mass is 359 g/mol. The molecule has 9 heteroatoms. The highest BCUT2D eigenvalue weighted by Gasteiger charge is 2.31. The number of carbonyl (C=O) groups is 1. The van der Waals surface area contributed by atoms with Crippen LogP contribution in [0.15, 0.2) is 18.3 Å². The van der Waals surface area contributed by atoms with Crippen molar-refractivity contribution in [1.82, 2.24) is 30.9 Å². The number of pyridine rings is 1. The van der Waals surface area contributed by atoms with Crippen LogP contribution in [-0.4, -0.2) is 62.9 Å². The largest absolute Gasteiger partial charge is 0.481 e. The molecule has 9 nitrogen and oxygen atoms in total. The third kappa shape index (κ3) is 4.34. The molecular formula is C17H25N7O2. The van der Waals surface area contributed by atoms with Gasteiger partial charge in [-0.2, -0.15) is 0 Å². The van der Waals surface area contributed by atoms with E-state index in [4.69, 9.17) is 0 Å². The molecule has 1 saturated heterocycles. The lowest BCUT2D eigenvalue weighted by Crippen LogP contribution is -2.43. The molecule has 1 fully saturated rings. The van der Waals surface area contributed by atoms with Crippen molar-refractivity contribution in [2.24, 2.45) is 5.92 Å². The second-order valence-electron chi connectivity index (χ2n) is 6.59. The quantitative estimate of drug-likeness (QED) is 0.634. The number of nitrogens with zero attached hydrogens (tertiary/aromatic N) is 5. The number of aromatic nitrogens is 5. The number of nitrogens with one attached hydrogen (secondary N) is 2. The molecule has 0 amide bonds. The number of carboxylic acids is 1. The minimum atomic E-state index is -0.821. The molecule has 3 rings (SSSR count). The standard InChI is InChI=1S/C17H25N7O2/c1-2-3-13(17(25)26)14(16-20-22-23-21-16)10-12-4-5-15(19-11-12)24-8-6-18-7-9-24/h4-5,11,13-14,18H,2-3,6-10H2,1H3,(H,25,26)(H,20,21,22,23)/t13-,14-/m0/s1. The van der Waals surface area contributed by atoms with Crippen molar-refractivity contribution in [1.29, 1.82) is 0 Å².